The molecule has 2 aromatic heterocycles. The monoisotopic (exact) mass is 250 g/mol. The van der Waals surface area contributed by atoms with Gasteiger partial charge in [0.05, 0.1) is 17.5 Å². The van der Waals surface area contributed by atoms with Crippen molar-refractivity contribution < 1.29 is 5.11 Å². The largest absolute Gasteiger partial charge is 0.387 e. The van der Waals surface area contributed by atoms with Gasteiger partial charge in [-0.1, -0.05) is 0 Å². The summed E-state index contributed by atoms with van der Waals surface area (Å²) in [5.74, 6) is 0.447. The normalized spacial score (nSPS) is 12.4. The number of hydrogen-bond donors (Lipinski definition) is 2. The van der Waals surface area contributed by atoms with Gasteiger partial charge in [-0.05, 0) is 36.2 Å². The second-order valence-corrected chi connectivity index (χ2v) is 4.54. The molecule has 0 saturated heterocycles. The summed E-state index contributed by atoms with van der Waals surface area (Å²) < 4.78 is 0. The predicted molar refractivity (Wildman–Crippen MR) is 67.1 cm³/mol. The molecule has 2 heterocycles. The van der Waals surface area contributed by atoms with Crippen molar-refractivity contribution in [3.05, 3.63) is 33.8 Å². The maximum atomic E-state index is 9.86. The SMILES string of the molecule is Cc1nnc(NCC(O)c2ccsc2)nc1C. The molecule has 2 N–H and O–H groups in total. The average Bonchev–Trinajstić information content (AvgIpc) is 2.84. The standard InChI is InChI=1S/C11H14N4OS/c1-7-8(2)14-15-11(13-7)12-5-10(16)9-3-4-17-6-9/h3-4,6,10,16H,5H2,1-2H3,(H,12,13,15). The molecule has 5 nitrogen and oxygen atoms in total. The molecule has 2 rings (SSSR count). The molecule has 0 bridgehead atoms. The third-order valence-electron chi connectivity index (χ3n) is 2.47. The smallest absolute Gasteiger partial charge is 0.243 e. The lowest BCUT2D eigenvalue weighted by molar-refractivity contribution is 0.192. The maximum Gasteiger partial charge on any atom is 0.243 e. The Hall–Kier alpha value is -1.53. The molecular formula is C11H14N4OS. The van der Waals surface area contributed by atoms with Crippen LogP contribution in [0.4, 0.5) is 5.95 Å². The summed E-state index contributed by atoms with van der Waals surface area (Å²) in [7, 11) is 0. The number of hydrogen-bond acceptors (Lipinski definition) is 6. The van der Waals surface area contributed by atoms with Crippen LogP contribution in [0.25, 0.3) is 0 Å². The lowest BCUT2D eigenvalue weighted by atomic mass is 10.2. The van der Waals surface area contributed by atoms with Gasteiger partial charge >= 0.3 is 0 Å². The molecule has 17 heavy (non-hydrogen) atoms. The maximum absolute atomic E-state index is 9.86. The molecule has 1 unspecified atom stereocenters. The number of aliphatic hydroxyl groups excluding tert-OH is 1. The first-order chi connectivity index (χ1) is 8.16. The van der Waals surface area contributed by atoms with Gasteiger partial charge in [0, 0.05) is 6.54 Å². The Morgan fingerprint density at radius 1 is 1.35 bits per heavy atom. The molecular weight excluding hydrogens is 236 g/mol. The number of aliphatic hydroxyl groups is 1. The van der Waals surface area contributed by atoms with Crippen molar-refractivity contribution in [3.8, 4) is 0 Å². The Bertz CT molecular complexity index is 486. The molecule has 6 heteroatoms. The predicted octanol–water partition coefficient (Wildman–Crippen LogP) is 1.70. The molecule has 0 fully saturated rings. The Balaban J connectivity index is 1.96. The van der Waals surface area contributed by atoms with Crippen LogP contribution in [0, 0.1) is 13.8 Å². The van der Waals surface area contributed by atoms with Gasteiger partial charge < -0.3 is 10.4 Å². The Morgan fingerprint density at radius 2 is 2.18 bits per heavy atom. The van der Waals surface area contributed by atoms with Crippen LogP contribution in [-0.4, -0.2) is 26.8 Å². The summed E-state index contributed by atoms with van der Waals surface area (Å²) in [6, 6.07) is 1.90. The first kappa shape index (κ1) is 11.9. The van der Waals surface area contributed by atoms with Crippen molar-refractivity contribution >= 4 is 17.3 Å². The van der Waals surface area contributed by atoms with Gasteiger partial charge in [0.15, 0.2) is 0 Å². The number of aryl methyl sites for hydroxylation is 2. The number of thiophene rings is 1. The molecule has 90 valence electrons. The minimum atomic E-state index is -0.550. The van der Waals surface area contributed by atoms with Crippen LogP contribution in [0.5, 0.6) is 0 Å². The zero-order valence-electron chi connectivity index (χ0n) is 9.71. The summed E-state index contributed by atoms with van der Waals surface area (Å²) in [6.07, 6.45) is -0.550. The Morgan fingerprint density at radius 3 is 2.82 bits per heavy atom. The summed E-state index contributed by atoms with van der Waals surface area (Å²) in [5, 5.41) is 24.6. The van der Waals surface area contributed by atoms with Crippen LogP contribution >= 0.6 is 11.3 Å². The van der Waals surface area contributed by atoms with Crippen molar-refractivity contribution in [2.24, 2.45) is 0 Å². The minimum absolute atomic E-state index is 0.376. The molecule has 0 radical (unpaired) electrons. The van der Waals surface area contributed by atoms with Gasteiger partial charge in [-0.15, -0.1) is 5.10 Å². The lowest BCUT2D eigenvalue weighted by Gasteiger charge is -2.10. The first-order valence-corrected chi connectivity index (χ1v) is 6.23. The van der Waals surface area contributed by atoms with Gasteiger partial charge in [0.1, 0.15) is 0 Å². The van der Waals surface area contributed by atoms with Crippen molar-refractivity contribution in [2.45, 2.75) is 20.0 Å². The highest BCUT2D eigenvalue weighted by Crippen LogP contribution is 2.16. The van der Waals surface area contributed by atoms with E-state index >= 15 is 0 Å². The topological polar surface area (TPSA) is 70.9 Å². The van der Waals surface area contributed by atoms with Crippen LogP contribution in [-0.2, 0) is 0 Å². The van der Waals surface area contributed by atoms with Gasteiger partial charge in [-0.25, -0.2) is 4.98 Å². The van der Waals surface area contributed by atoms with Crippen LogP contribution in [0.15, 0.2) is 16.8 Å². The minimum Gasteiger partial charge on any atom is -0.387 e. The highest BCUT2D eigenvalue weighted by molar-refractivity contribution is 7.07. The third-order valence-corrected chi connectivity index (χ3v) is 3.17. The Labute approximate surface area is 104 Å². The van der Waals surface area contributed by atoms with E-state index in [4.69, 9.17) is 0 Å². The average molecular weight is 250 g/mol. The van der Waals surface area contributed by atoms with Crippen molar-refractivity contribution in [3.63, 3.8) is 0 Å². The fourth-order valence-electron chi connectivity index (χ4n) is 1.30. The van der Waals surface area contributed by atoms with Crippen molar-refractivity contribution in [1.82, 2.24) is 15.2 Å². The van der Waals surface area contributed by atoms with Crippen LogP contribution < -0.4 is 5.32 Å². The van der Waals surface area contributed by atoms with Crippen LogP contribution in [0.3, 0.4) is 0 Å². The molecule has 0 aliphatic rings. The van der Waals surface area contributed by atoms with Crippen LogP contribution in [0.2, 0.25) is 0 Å². The summed E-state index contributed by atoms with van der Waals surface area (Å²) in [6.45, 7) is 4.12. The zero-order valence-corrected chi connectivity index (χ0v) is 10.5. The van der Waals surface area contributed by atoms with Gasteiger partial charge in [-0.2, -0.15) is 16.4 Å². The molecule has 0 aliphatic carbocycles. The van der Waals surface area contributed by atoms with E-state index in [1.165, 1.54) is 0 Å². The van der Waals surface area contributed by atoms with Gasteiger partial charge in [0.25, 0.3) is 0 Å². The van der Waals surface area contributed by atoms with E-state index in [9.17, 15) is 5.11 Å². The molecule has 2 aromatic rings. The van der Waals surface area contributed by atoms with E-state index in [1.54, 1.807) is 11.3 Å². The summed E-state index contributed by atoms with van der Waals surface area (Å²) >= 11 is 1.56. The Kier molecular flexibility index (Phi) is 3.65. The van der Waals surface area contributed by atoms with Crippen molar-refractivity contribution in [2.75, 3.05) is 11.9 Å². The first-order valence-electron chi connectivity index (χ1n) is 5.29. The molecule has 0 aliphatic heterocycles. The van der Waals surface area contributed by atoms with E-state index < -0.39 is 6.10 Å². The number of nitrogens with one attached hydrogen (secondary N) is 1. The second-order valence-electron chi connectivity index (χ2n) is 3.76. The van der Waals surface area contributed by atoms with Gasteiger partial charge in [0.2, 0.25) is 5.95 Å². The number of aromatic nitrogens is 3. The number of nitrogens with zero attached hydrogens (tertiary/aromatic N) is 3. The van der Waals surface area contributed by atoms with Crippen molar-refractivity contribution in [1.29, 1.82) is 0 Å². The lowest BCUT2D eigenvalue weighted by Crippen LogP contribution is -2.14. The number of rotatable bonds is 4. The fraction of sp³-hybridized carbons (Fsp3) is 0.364. The molecule has 0 spiro atoms. The second kappa shape index (κ2) is 5.20. The molecule has 0 amide bonds. The van der Waals surface area contributed by atoms with E-state index in [-0.39, 0.29) is 0 Å². The van der Waals surface area contributed by atoms with Crippen LogP contribution in [0.1, 0.15) is 23.1 Å². The third kappa shape index (κ3) is 2.98. The van der Waals surface area contributed by atoms with E-state index in [1.807, 2.05) is 30.7 Å². The zero-order chi connectivity index (χ0) is 12.3. The molecule has 0 aromatic carbocycles. The van der Waals surface area contributed by atoms with E-state index in [0.717, 1.165) is 17.0 Å². The highest BCUT2D eigenvalue weighted by atomic mass is 32.1. The fourth-order valence-corrected chi connectivity index (χ4v) is 2.01. The summed E-state index contributed by atoms with van der Waals surface area (Å²) in [5.41, 5.74) is 2.56. The highest BCUT2D eigenvalue weighted by Gasteiger charge is 2.08. The molecule has 0 saturated carbocycles. The molecule has 1 atom stereocenters. The van der Waals surface area contributed by atoms with Gasteiger partial charge in [-0.3, -0.25) is 0 Å². The number of anilines is 1. The quantitative estimate of drug-likeness (QED) is 0.864. The van der Waals surface area contributed by atoms with E-state index in [2.05, 4.69) is 20.5 Å². The summed E-state index contributed by atoms with van der Waals surface area (Å²) in [4.78, 5) is 4.23. The van der Waals surface area contributed by atoms with E-state index in [0.29, 0.717) is 12.5 Å².